The van der Waals surface area contributed by atoms with Gasteiger partial charge in [0.2, 0.25) is 11.8 Å². The number of carbonyl (C=O) groups excluding carboxylic acids is 4. The van der Waals surface area contributed by atoms with E-state index in [0.29, 0.717) is 24.6 Å². The minimum Gasteiger partial charge on any atom is -0.453 e. The molecule has 15 nitrogen and oxygen atoms in total. The van der Waals surface area contributed by atoms with E-state index in [-0.39, 0.29) is 35.7 Å². The van der Waals surface area contributed by atoms with Crippen molar-refractivity contribution >= 4 is 78.4 Å². The van der Waals surface area contributed by atoms with Crippen molar-refractivity contribution in [1.29, 1.82) is 0 Å². The Morgan fingerprint density at radius 3 is 2.00 bits per heavy atom. The van der Waals surface area contributed by atoms with Crippen LogP contribution in [0.1, 0.15) is 82.7 Å². The van der Waals surface area contributed by atoms with Crippen molar-refractivity contribution in [3.63, 3.8) is 0 Å². The third-order valence-corrected chi connectivity index (χ3v) is 12.9. The molecular formula is C42H49N9O6S. The lowest BCUT2D eigenvalue weighted by Gasteiger charge is -2.29. The Balaban J connectivity index is 1.08. The van der Waals surface area contributed by atoms with Gasteiger partial charge in [-0.2, -0.15) is 0 Å². The van der Waals surface area contributed by atoms with E-state index in [9.17, 15) is 19.2 Å². The molecule has 58 heavy (non-hydrogen) atoms. The zero-order valence-corrected chi connectivity index (χ0v) is 34.6. The molecule has 4 amide bonds. The average molecular weight is 808 g/mol. The van der Waals surface area contributed by atoms with E-state index in [1.54, 1.807) is 16.2 Å². The Hall–Kier alpha value is -5.77. The number of amides is 4. The molecule has 6 heterocycles. The highest BCUT2D eigenvalue weighted by Gasteiger charge is 2.39. The van der Waals surface area contributed by atoms with Crippen LogP contribution >= 0.6 is 11.3 Å². The third-order valence-electron chi connectivity index (χ3n) is 11.7. The molecule has 2 fully saturated rings. The number of nitrogens with one attached hydrogen (secondary N) is 4. The lowest BCUT2D eigenvalue weighted by Crippen LogP contribution is -2.51. The highest BCUT2D eigenvalue weighted by molar-refractivity contribution is 7.23. The zero-order chi connectivity index (χ0) is 41.0. The van der Waals surface area contributed by atoms with Crippen LogP contribution in [0.3, 0.4) is 0 Å². The van der Waals surface area contributed by atoms with Crippen molar-refractivity contribution in [2.45, 2.75) is 84.5 Å². The van der Waals surface area contributed by atoms with Gasteiger partial charge in [0.25, 0.3) is 0 Å². The lowest BCUT2D eigenvalue weighted by molar-refractivity contribution is -0.136. The van der Waals surface area contributed by atoms with Gasteiger partial charge in [-0.15, -0.1) is 11.3 Å². The molecule has 4 N–H and O–H groups in total. The number of benzene rings is 2. The van der Waals surface area contributed by atoms with E-state index in [0.717, 1.165) is 84.9 Å². The number of methoxy groups -OCH3 is 2. The molecule has 4 aromatic heterocycles. The summed E-state index contributed by atoms with van der Waals surface area (Å²) >= 11 is 1.68. The second-order valence-corrected chi connectivity index (χ2v) is 17.0. The van der Waals surface area contributed by atoms with E-state index in [2.05, 4.69) is 51.8 Å². The number of carbonyl (C=O) groups is 4. The van der Waals surface area contributed by atoms with Crippen molar-refractivity contribution < 1.29 is 28.7 Å². The molecule has 16 heteroatoms. The van der Waals surface area contributed by atoms with Crippen LogP contribution in [0.2, 0.25) is 0 Å². The largest absolute Gasteiger partial charge is 0.453 e. The van der Waals surface area contributed by atoms with Gasteiger partial charge in [-0.1, -0.05) is 45.9 Å². The van der Waals surface area contributed by atoms with E-state index in [1.807, 2.05) is 44.9 Å². The summed E-state index contributed by atoms with van der Waals surface area (Å²) in [4.78, 5) is 78.2. The number of imidazole rings is 2. The van der Waals surface area contributed by atoms with Crippen LogP contribution in [0.5, 0.6) is 0 Å². The first-order chi connectivity index (χ1) is 27.9. The molecule has 2 saturated heterocycles. The van der Waals surface area contributed by atoms with Gasteiger partial charge in [0, 0.05) is 34.9 Å². The summed E-state index contributed by atoms with van der Waals surface area (Å²) in [5.74, 6) is 0.871. The SMILES string of the molecule is COC(=O)NC(C(=O)N1CCCC1c1nc2c(ccc3cc(-c4ccc5c(cnc6nc(C7CCCN7C(=O)C(NC(=O)OC)C(C)C)[nH]c65)c4C)sc32)[nH]1)C(C)C. The minimum absolute atomic E-state index is 0.118. The quantitative estimate of drug-likeness (QED) is 0.117. The number of pyridine rings is 1. The van der Waals surface area contributed by atoms with E-state index in [4.69, 9.17) is 24.4 Å². The van der Waals surface area contributed by atoms with Gasteiger partial charge in [0.1, 0.15) is 29.2 Å². The Bertz CT molecular complexity index is 2580. The number of aryl methyl sites for hydroxylation is 1. The number of hydrogen-bond acceptors (Lipinski definition) is 10. The topological polar surface area (TPSA) is 188 Å². The van der Waals surface area contributed by atoms with Crippen LogP contribution in [0.25, 0.3) is 53.5 Å². The highest BCUT2D eigenvalue weighted by atomic mass is 32.1. The summed E-state index contributed by atoms with van der Waals surface area (Å²) in [6.45, 7) is 10.9. The fourth-order valence-corrected chi connectivity index (χ4v) is 9.82. The maximum atomic E-state index is 13.8. The number of aromatic nitrogens is 5. The second kappa shape index (κ2) is 15.5. The zero-order valence-electron chi connectivity index (χ0n) is 33.8. The summed E-state index contributed by atoms with van der Waals surface area (Å²) < 4.78 is 10.6. The number of ether oxygens (including phenoxy) is 2. The van der Waals surface area contributed by atoms with Crippen LogP contribution in [-0.2, 0) is 19.1 Å². The molecule has 4 unspecified atom stereocenters. The summed E-state index contributed by atoms with van der Waals surface area (Å²) in [5, 5.41) is 8.50. The van der Waals surface area contributed by atoms with Crippen LogP contribution in [0.15, 0.2) is 36.5 Å². The molecule has 0 saturated carbocycles. The summed E-state index contributed by atoms with van der Waals surface area (Å²) in [6, 6.07) is 8.67. The number of likely N-dealkylation sites (tertiary alicyclic amines) is 2. The van der Waals surface area contributed by atoms with Gasteiger partial charge in [0.15, 0.2) is 5.65 Å². The second-order valence-electron chi connectivity index (χ2n) is 16.0. The van der Waals surface area contributed by atoms with Gasteiger partial charge in [0.05, 0.1) is 42.0 Å². The molecule has 4 atom stereocenters. The van der Waals surface area contributed by atoms with Crippen molar-refractivity contribution in [2.24, 2.45) is 11.8 Å². The van der Waals surface area contributed by atoms with Gasteiger partial charge in [-0.25, -0.2) is 24.5 Å². The molecule has 6 aromatic rings. The van der Waals surface area contributed by atoms with Gasteiger partial charge >= 0.3 is 12.2 Å². The summed E-state index contributed by atoms with van der Waals surface area (Å²) in [5.41, 5.74) is 5.35. The first-order valence-corrected chi connectivity index (χ1v) is 20.7. The minimum atomic E-state index is -0.716. The number of rotatable bonds is 9. The van der Waals surface area contributed by atoms with Gasteiger partial charge < -0.3 is 39.9 Å². The molecule has 2 aromatic carbocycles. The Morgan fingerprint density at radius 1 is 0.810 bits per heavy atom. The normalized spacial score (nSPS) is 18.2. The molecule has 0 spiro atoms. The fraction of sp³-hybridized carbons (Fsp3) is 0.452. The highest BCUT2D eigenvalue weighted by Crippen LogP contribution is 2.42. The Morgan fingerprint density at radius 2 is 1.41 bits per heavy atom. The number of aromatic amines is 2. The molecule has 2 aliphatic heterocycles. The first-order valence-electron chi connectivity index (χ1n) is 19.9. The third kappa shape index (κ3) is 6.86. The molecule has 0 radical (unpaired) electrons. The van der Waals surface area contributed by atoms with Crippen molar-refractivity contribution in [3.8, 4) is 10.4 Å². The van der Waals surface area contributed by atoms with Gasteiger partial charge in [-0.05, 0) is 73.1 Å². The van der Waals surface area contributed by atoms with E-state index in [1.165, 1.54) is 14.2 Å². The fourth-order valence-electron chi connectivity index (χ4n) is 8.59. The van der Waals surface area contributed by atoms with Crippen LogP contribution in [0, 0.1) is 18.8 Å². The van der Waals surface area contributed by atoms with Crippen molar-refractivity contribution in [3.05, 3.63) is 53.7 Å². The molecule has 304 valence electrons. The molecule has 8 rings (SSSR count). The number of fused-ring (bicyclic) bond motifs is 6. The Labute approximate surface area is 339 Å². The van der Waals surface area contributed by atoms with Crippen LogP contribution in [-0.4, -0.2) is 98.1 Å². The number of thiophene rings is 1. The number of hydrogen-bond donors (Lipinski definition) is 4. The summed E-state index contributed by atoms with van der Waals surface area (Å²) in [7, 11) is 2.58. The van der Waals surface area contributed by atoms with Crippen LogP contribution in [0.4, 0.5) is 9.59 Å². The van der Waals surface area contributed by atoms with Crippen molar-refractivity contribution in [1.82, 2.24) is 45.4 Å². The Kier molecular flexibility index (Phi) is 10.5. The maximum Gasteiger partial charge on any atom is 0.407 e. The van der Waals surface area contributed by atoms with E-state index >= 15 is 0 Å². The number of H-pyrrole nitrogens is 2. The molecular weight excluding hydrogens is 759 g/mol. The monoisotopic (exact) mass is 807 g/mol. The first kappa shape index (κ1) is 39.1. The predicted molar refractivity (Wildman–Crippen MR) is 222 cm³/mol. The lowest BCUT2D eigenvalue weighted by atomic mass is 10.00. The standard InChI is InChI=1S/C42H49N9O6S/c1-20(2)31(47-41(54)56-6)39(52)50-16-8-10-28(50)36-44-27-15-12-23-18-30(58-35(23)34(27)46-36)24-13-14-25-26(22(24)5)19-43-38-33(25)45-37(49-38)29-11-9-17-51(29)40(53)32(21(3)4)48-42(55)57-7/h12-15,18-21,28-29,31-32H,8-11,16-17H2,1-7H3,(H,44,46)(H,47,54)(H,48,55)(H,43,45,49). The van der Waals surface area contributed by atoms with Gasteiger partial charge in [-0.3, -0.25) is 9.59 Å². The number of alkyl carbamates (subject to hydrolysis) is 2. The summed E-state index contributed by atoms with van der Waals surface area (Å²) in [6.07, 6.45) is 3.79. The maximum absolute atomic E-state index is 13.8. The molecule has 0 aliphatic carbocycles. The number of nitrogens with zero attached hydrogens (tertiary/aromatic N) is 5. The van der Waals surface area contributed by atoms with E-state index < -0.39 is 24.3 Å². The van der Waals surface area contributed by atoms with Crippen molar-refractivity contribution in [2.75, 3.05) is 27.3 Å². The average Bonchev–Trinajstić information content (AvgIpc) is 4.05. The predicted octanol–water partition coefficient (Wildman–Crippen LogP) is 7.27. The molecule has 2 aliphatic rings. The molecule has 0 bridgehead atoms. The van der Waals surface area contributed by atoms with Crippen LogP contribution < -0.4 is 10.6 Å². The smallest absolute Gasteiger partial charge is 0.407 e.